The van der Waals surface area contributed by atoms with Gasteiger partial charge < -0.3 is 30.3 Å². The van der Waals surface area contributed by atoms with E-state index in [0.717, 1.165) is 77.5 Å². The van der Waals surface area contributed by atoms with Gasteiger partial charge in [-0.25, -0.2) is 0 Å². The number of benzene rings is 2. The summed E-state index contributed by atoms with van der Waals surface area (Å²) in [4.78, 5) is 35.7. The van der Waals surface area contributed by atoms with Crippen molar-refractivity contribution in [3.63, 3.8) is 0 Å². The predicted octanol–water partition coefficient (Wildman–Crippen LogP) is 5.77. The van der Waals surface area contributed by atoms with Crippen LogP contribution in [0.5, 0.6) is 11.5 Å². The summed E-state index contributed by atoms with van der Waals surface area (Å²) in [5.41, 5.74) is 7.76. The number of hydrogen-bond donors (Lipinski definition) is 4. The number of carbonyl (C=O) groups is 2. The van der Waals surface area contributed by atoms with Crippen LogP contribution in [0.1, 0.15) is 80.9 Å². The Bertz CT molecular complexity index is 1730. The van der Waals surface area contributed by atoms with Crippen LogP contribution >= 0.6 is 0 Å². The van der Waals surface area contributed by atoms with Gasteiger partial charge in [0.25, 0.3) is 5.91 Å². The summed E-state index contributed by atoms with van der Waals surface area (Å²) in [6.07, 6.45) is 8.04. The number of anilines is 1. The van der Waals surface area contributed by atoms with E-state index in [-0.39, 0.29) is 42.1 Å². The summed E-state index contributed by atoms with van der Waals surface area (Å²) in [6, 6.07) is 15.4. The van der Waals surface area contributed by atoms with Crippen molar-refractivity contribution in [3.8, 4) is 22.6 Å². The van der Waals surface area contributed by atoms with Crippen molar-refractivity contribution >= 4 is 17.4 Å². The molecule has 0 saturated heterocycles. The second kappa shape index (κ2) is 15.5. The summed E-state index contributed by atoms with van der Waals surface area (Å²) >= 11 is 0. The van der Waals surface area contributed by atoms with Gasteiger partial charge in [-0.15, -0.1) is 0 Å². The minimum absolute atomic E-state index is 0.112. The van der Waals surface area contributed by atoms with Crippen molar-refractivity contribution in [2.24, 2.45) is 5.92 Å². The van der Waals surface area contributed by atoms with E-state index in [1.54, 1.807) is 38.7 Å². The first-order valence-electron chi connectivity index (χ1n) is 17.3. The van der Waals surface area contributed by atoms with Crippen molar-refractivity contribution in [2.45, 2.75) is 83.6 Å². The first-order valence-corrected chi connectivity index (χ1v) is 17.3. The second-order valence-electron chi connectivity index (χ2n) is 13.6. The monoisotopic (exact) mass is 678 g/mol. The highest BCUT2D eigenvalue weighted by Gasteiger charge is 2.28. The second-order valence-corrected chi connectivity index (χ2v) is 13.6. The molecule has 0 spiro atoms. The Morgan fingerprint density at radius 2 is 1.42 bits per heavy atom. The summed E-state index contributed by atoms with van der Waals surface area (Å²) in [6.45, 7) is 4.52. The third kappa shape index (κ3) is 7.88. The molecule has 2 fully saturated rings. The zero-order valence-electron chi connectivity index (χ0n) is 29.2. The standard InChI is InChI=1S/C40H46N4O6/c1-23-26(15-37(47)35-18-39(50-4)28(22-42-35)21-41-29-16-31(46)17-29)7-5-8-32(23)33-9-6-10-34(24(33)2)44-40(48)36-19-38(49-3)27(20-43-36)12-11-25-13-30(45)14-25/h5-10,18-20,22,25,29-31,41,45-46H,11-17,21H2,1-4H3,(H,44,48). The van der Waals surface area contributed by atoms with E-state index in [0.29, 0.717) is 35.3 Å². The van der Waals surface area contributed by atoms with Gasteiger partial charge in [0.1, 0.15) is 22.9 Å². The van der Waals surface area contributed by atoms with Crippen molar-refractivity contribution in [3.05, 3.63) is 100 Å². The molecule has 2 aliphatic rings. The van der Waals surface area contributed by atoms with Gasteiger partial charge in [-0.05, 0) is 92.2 Å². The van der Waals surface area contributed by atoms with E-state index in [2.05, 4.69) is 20.6 Å². The molecule has 4 aromatic rings. The Labute approximate surface area is 293 Å². The number of rotatable bonds is 14. The van der Waals surface area contributed by atoms with E-state index in [4.69, 9.17) is 9.47 Å². The number of nitrogens with one attached hydrogen (secondary N) is 2. The van der Waals surface area contributed by atoms with Crippen molar-refractivity contribution in [1.29, 1.82) is 0 Å². The molecule has 2 saturated carbocycles. The summed E-state index contributed by atoms with van der Waals surface area (Å²) in [5.74, 6) is 1.30. The molecule has 0 bridgehead atoms. The van der Waals surface area contributed by atoms with Crippen molar-refractivity contribution < 1.29 is 29.3 Å². The third-order valence-corrected chi connectivity index (χ3v) is 10.2. The molecule has 0 unspecified atom stereocenters. The molecule has 0 aliphatic heterocycles. The van der Waals surface area contributed by atoms with Gasteiger partial charge in [0, 0.05) is 60.3 Å². The largest absolute Gasteiger partial charge is 0.496 e. The number of aromatic nitrogens is 2. The maximum Gasteiger partial charge on any atom is 0.274 e. The average Bonchev–Trinajstić information content (AvgIpc) is 3.09. The Morgan fingerprint density at radius 1 is 0.800 bits per heavy atom. The predicted molar refractivity (Wildman–Crippen MR) is 192 cm³/mol. The Morgan fingerprint density at radius 3 is 2.12 bits per heavy atom. The molecule has 2 aromatic heterocycles. The fourth-order valence-electron chi connectivity index (χ4n) is 6.89. The number of Topliss-reactive ketones (excluding diaryl/α,β-unsaturated/α-hetero) is 1. The quantitative estimate of drug-likeness (QED) is 0.122. The number of aryl methyl sites for hydroxylation is 1. The van der Waals surface area contributed by atoms with Crippen LogP contribution < -0.4 is 20.1 Å². The minimum atomic E-state index is -0.333. The number of ether oxygens (including phenoxy) is 2. The number of carbonyl (C=O) groups excluding carboxylic acids is 2. The highest BCUT2D eigenvalue weighted by Crippen LogP contribution is 2.34. The van der Waals surface area contributed by atoms with E-state index < -0.39 is 0 Å². The summed E-state index contributed by atoms with van der Waals surface area (Å²) in [7, 11) is 3.18. The molecular formula is C40H46N4O6. The highest BCUT2D eigenvalue weighted by atomic mass is 16.5. The number of pyridine rings is 2. The number of ketones is 1. The van der Waals surface area contributed by atoms with Gasteiger partial charge >= 0.3 is 0 Å². The lowest BCUT2D eigenvalue weighted by Gasteiger charge is -2.32. The van der Waals surface area contributed by atoms with Crippen LogP contribution in [0.25, 0.3) is 11.1 Å². The molecule has 0 atom stereocenters. The number of nitrogens with zero attached hydrogens (tertiary/aromatic N) is 2. The lowest BCUT2D eigenvalue weighted by Crippen LogP contribution is -2.43. The maximum absolute atomic E-state index is 13.5. The Hall–Kier alpha value is -4.64. The molecular weight excluding hydrogens is 632 g/mol. The van der Waals surface area contributed by atoms with Gasteiger partial charge in [-0.1, -0.05) is 30.3 Å². The van der Waals surface area contributed by atoms with Crippen LogP contribution in [0.3, 0.4) is 0 Å². The summed E-state index contributed by atoms with van der Waals surface area (Å²) < 4.78 is 11.2. The third-order valence-electron chi connectivity index (χ3n) is 10.2. The van der Waals surface area contributed by atoms with Gasteiger partial charge in [0.2, 0.25) is 0 Å². The maximum atomic E-state index is 13.5. The van der Waals surface area contributed by atoms with Crippen molar-refractivity contribution in [1.82, 2.24) is 15.3 Å². The van der Waals surface area contributed by atoms with E-state index in [9.17, 15) is 19.8 Å². The average molecular weight is 679 g/mol. The molecule has 0 radical (unpaired) electrons. The Balaban J connectivity index is 1.14. The van der Waals surface area contributed by atoms with Crippen LogP contribution in [-0.4, -0.2) is 64.3 Å². The van der Waals surface area contributed by atoms with Gasteiger partial charge in [-0.3, -0.25) is 19.6 Å². The molecule has 1 amide bonds. The Kier molecular flexibility index (Phi) is 10.9. The van der Waals surface area contributed by atoms with Crippen molar-refractivity contribution in [2.75, 3.05) is 19.5 Å². The molecule has 2 aromatic carbocycles. The molecule has 2 aliphatic carbocycles. The number of amides is 1. The first-order chi connectivity index (χ1) is 24.1. The van der Waals surface area contributed by atoms with E-state index in [1.165, 1.54) is 0 Å². The summed E-state index contributed by atoms with van der Waals surface area (Å²) in [5, 5.41) is 25.6. The van der Waals surface area contributed by atoms with Crippen LogP contribution in [0.2, 0.25) is 0 Å². The fourth-order valence-corrected chi connectivity index (χ4v) is 6.89. The SMILES string of the molecule is COc1cc(C(=O)Nc2cccc(-c3cccc(CC(=O)c4cc(OC)c(CNC5CC(O)C5)cn4)c3C)c2C)ncc1CCC1CC(O)C1. The highest BCUT2D eigenvalue weighted by molar-refractivity contribution is 6.04. The van der Waals surface area contributed by atoms with Gasteiger partial charge in [-0.2, -0.15) is 0 Å². The molecule has 6 rings (SSSR count). The molecule has 4 N–H and O–H groups in total. The van der Waals surface area contributed by atoms with Crippen LogP contribution in [0.4, 0.5) is 5.69 Å². The van der Waals surface area contributed by atoms with Gasteiger partial charge in [0.15, 0.2) is 5.78 Å². The molecule has 10 heteroatoms. The smallest absolute Gasteiger partial charge is 0.274 e. The number of aliphatic hydroxyl groups is 2. The normalized spacial score (nSPS) is 19.6. The van der Waals surface area contributed by atoms with E-state index in [1.807, 2.05) is 50.2 Å². The van der Waals surface area contributed by atoms with E-state index >= 15 is 0 Å². The van der Waals surface area contributed by atoms with Crippen LogP contribution in [0.15, 0.2) is 60.9 Å². The number of aliphatic hydroxyl groups excluding tert-OH is 2. The lowest BCUT2D eigenvalue weighted by molar-refractivity contribution is 0.0393. The minimum Gasteiger partial charge on any atom is -0.496 e. The zero-order valence-corrected chi connectivity index (χ0v) is 29.2. The molecule has 10 nitrogen and oxygen atoms in total. The molecule has 50 heavy (non-hydrogen) atoms. The van der Waals surface area contributed by atoms with Crippen LogP contribution in [-0.2, 0) is 19.4 Å². The number of methoxy groups -OCH3 is 2. The zero-order chi connectivity index (χ0) is 35.4. The molecule has 2 heterocycles. The van der Waals surface area contributed by atoms with Gasteiger partial charge in [0.05, 0.1) is 26.4 Å². The first kappa shape index (κ1) is 35.2. The van der Waals surface area contributed by atoms with Crippen LogP contribution in [0, 0.1) is 19.8 Å². The lowest BCUT2D eigenvalue weighted by atomic mass is 9.79. The fraction of sp³-hybridized carbons (Fsp3) is 0.400. The molecule has 262 valence electrons. The number of hydrogen-bond acceptors (Lipinski definition) is 9. The topological polar surface area (TPSA) is 143 Å².